The van der Waals surface area contributed by atoms with Gasteiger partial charge in [-0.15, -0.1) is 11.3 Å². The smallest absolute Gasteiger partial charge is 0.193 e. The third-order valence-electron chi connectivity index (χ3n) is 7.08. The number of ether oxygens (including phenoxy) is 1. The largest absolute Gasteiger partial charge is 0.496 e. The van der Waals surface area contributed by atoms with Crippen molar-refractivity contribution in [3.05, 3.63) is 56.8 Å². The molecular weight excluding hydrogens is 446 g/mol. The molecule has 0 radical (unpaired) electrons. The van der Waals surface area contributed by atoms with Crippen LogP contribution >= 0.6 is 11.3 Å². The Morgan fingerprint density at radius 1 is 1.15 bits per heavy atom. The Labute approximate surface area is 204 Å². The number of carbonyl (C=O) groups excluding carboxylic acids is 1. The van der Waals surface area contributed by atoms with E-state index in [0.717, 1.165) is 33.1 Å². The molecular formula is C27H31N3O3S. The first-order valence-electron chi connectivity index (χ1n) is 12.1. The average molecular weight is 478 g/mol. The minimum absolute atomic E-state index is 0.178. The summed E-state index contributed by atoms with van der Waals surface area (Å²) in [5, 5.41) is 3.15. The van der Waals surface area contributed by atoms with Crippen molar-refractivity contribution in [2.24, 2.45) is 0 Å². The number of fused-ring (bicyclic) bond motifs is 3. The lowest BCUT2D eigenvalue weighted by atomic mass is 9.89. The van der Waals surface area contributed by atoms with Crippen LogP contribution in [-0.4, -0.2) is 28.6 Å². The van der Waals surface area contributed by atoms with Crippen LogP contribution in [0.4, 0.5) is 0 Å². The summed E-state index contributed by atoms with van der Waals surface area (Å²) in [4.78, 5) is 30.9. The molecule has 1 fully saturated rings. The molecule has 0 N–H and O–H groups in total. The predicted octanol–water partition coefficient (Wildman–Crippen LogP) is 5.76. The van der Waals surface area contributed by atoms with E-state index in [1.165, 1.54) is 43.9 Å². The topological polar surface area (TPSA) is 64.4 Å². The number of nitrogens with zero attached hydrogens (tertiary/aromatic N) is 3. The van der Waals surface area contributed by atoms with Gasteiger partial charge in [-0.05, 0) is 57.2 Å². The van der Waals surface area contributed by atoms with Crippen molar-refractivity contribution < 1.29 is 9.53 Å². The van der Waals surface area contributed by atoms with Crippen LogP contribution in [0.2, 0.25) is 0 Å². The van der Waals surface area contributed by atoms with Crippen molar-refractivity contribution in [1.82, 2.24) is 9.66 Å². The first-order valence-corrected chi connectivity index (χ1v) is 12.9. The lowest BCUT2D eigenvalue weighted by Gasteiger charge is -2.38. The van der Waals surface area contributed by atoms with Gasteiger partial charge in [-0.3, -0.25) is 14.3 Å². The lowest BCUT2D eigenvalue weighted by molar-refractivity contribution is 0.101. The summed E-state index contributed by atoms with van der Waals surface area (Å²) in [6.07, 6.45) is 10.2. The molecule has 34 heavy (non-hydrogen) atoms. The maximum Gasteiger partial charge on any atom is 0.193 e. The number of thiazole rings is 1. The molecule has 0 spiro atoms. The summed E-state index contributed by atoms with van der Waals surface area (Å²) < 4.78 is 7.77. The van der Waals surface area contributed by atoms with Gasteiger partial charge >= 0.3 is 0 Å². The Balaban J connectivity index is 1.62. The van der Waals surface area contributed by atoms with E-state index >= 15 is 0 Å². The zero-order chi connectivity index (χ0) is 24.0. The molecule has 5 rings (SSSR count). The fraction of sp³-hybridized carbons (Fsp3) is 0.444. The molecule has 3 aromatic rings. The van der Waals surface area contributed by atoms with Crippen molar-refractivity contribution in [2.75, 3.05) is 12.1 Å². The highest BCUT2D eigenvalue weighted by Crippen LogP contribution is 2.43. The number of benzene rings is 1. The predicted molar refractivity (Wildman–Crippen MR) is 137 cm³/mol. The van der Waals surface area contributed by atoms with Gasteiger partial charge in [0.2, 0.25) is 0 Å². The van der Waals surface area contributed by atoms with E-state index in [1.807, 2.05) is 16.9 Å². The van der Waals surface area contributed by atoms with E-state index in [9.17, 15) is 9.59 Å². The number of hydrogen-bond acceptors (Lipinski definition) is 6. The molecule has 0 amide bonds. The first kappa shape index (κ1) is 22.8. The number of hydrogen-bond donors (Lipinski definition) is 0. The molecule has 1 aliphatic carbocycles. The fourth-order valence-corrected chi connectivity index (χ4v) is 6.31. The Kier molecular flexibility index (Phi) is 6.06. The molecule has 2 aliphatic rings. The highest BCUT2D eigenvalue weighted by molar-refractivity contribution is 7.15. The number of rotatable bonds is 5. The number of carbonyl (C=O) groups is 1. The molecule has 178 valence electrons. The Bertz CT molecular complexity index is 1300. The van der Waals surface area contributed by atoms with E-state index in [0.29, 0.717) is 12.5 Å². The van der Waals surface area contributed by atoms with Gasteiger partial charge in [-0.1, -0.05) is 19.3 Å². The monoisotopic (exact) mass is 477 g/mol. The van der Waals surface area contributed by atoms with Crippen molar-refractivity contribution in [3.63, 3.8) is 0 Å². The van der Waals surface area contributed by atoms with Gasteiger partial charge < -0.3 is 9.75 Å². The third-order valence-corrected chi connectivity index (χ3v) is 8.27. The number of Topliss-reactive ketones (excluding diaryl/α,β-unsaturated/α-hetero) is 1. The van der Waals surface area contributed by atoms with Crippen LogP contribution in [0.1, 0.15) is 79.6 Å². The van der Waals surface area contributed by atoms with Gasteiger partial charge in [0, 0.05) is 34.9 Å². The number of aromatic nitrogens is 2. The van der Waals surface area contributed by atoms with Gasteiger partial charge in [-0.25, -0.2) is 4.98 Å². The van der Waals surface area contributed by atoms with Gasteiger partial charge in [0.05, 0.1) is 30.5 Å². The van der Waals surface area contributed by atoms with Crippen LogP contribution in [0.15, 0.2) is 35.4 Å². The summed E-state index contributed by atoms with van der Waals surface area (Å²) in [6.45, 7) is 6.33. The second-order valence-electron chi connectivity index (χ2n) is 9.64. The summed E-state index contributed by atoms with van der Waals surface area (Å²) in [5.74, 6) is 1.14. The average Bonchev–Trinajstić information content (AvgIpc) is 3.33. The van der Waals surface area contributed by atoms with E-state index in [4.69, 9.17) is 9.72 Å². The molecule has 3 heterocycles. The van der Waals surface area contributed by atoms with Crippen LogP contribution in [0.3, 0.4) is 0 Å². The maximum atomic E-state index is 12.7. The molecule has 7 heteroatoms. The van der Waals surface area contributed by atoms with E-state index in [1.54, 1.807) is 30.7 Å². The zero-order valence-corrected chi connectivity index (χ0v) is 21.1. The van der Waals surface area contributed by atoms with E-state index < -0.39 is 0 Å². The lowest BCUT2D eigenvalue weighted by Crippen LogP contribution is -2.44. The molecule has 2 aromatic heterocycles. The zero-order valence-electron chi connectivity index (χ0n) is 20.3. The summed E-state index contributed by atoms with van der Waals surface area (Å²) in [6, 6.07) is 5.94. The van der Waals surface area contributed by atoms with Gasteiger partial charge in [-0.2, -0.15) is 0 Å². The van der Waals surface area contributed by atoms with Crippen molar-refractivity contribution >= 4 is 17.1 Å². The van der Waals surface area contributed by atoms with E-state index in [-0.39, 0.29) is 22.8 Å². The standard InChI is InChI=1S/C27H31N3O3S/c1-16(2)29-14-19-10-21(27-28-13-26(34-27)18-8-6-5-7-9-18)25(33-4)11-20(19)23-12-24(32)22(17(3)31)15-30(23)29/h10-13,15-16,18H,5-9,14H2,1-4H3. The minimum atomic E-state index is -0.254. The first-order chi connectivity index (χ1) is 16.4. The molecule has 1 aromatic carbocycles. The van der Waals surface area contributed by atoms with Crippen molar-refractivity contribution in [1.29, 1.82) is 0 Å². The molecule has 6 nitrogen and oxygen atoms in total. The fourth-order valence-electron chi connectivity index (χ4n) is 5.20. The second-order valence-corrected chi connectivity index (χ2v) is 10.7. The molecule has 0 saturated heterocycles. The molecule has 0 unspecified atom stereocenters. The molecule has 1 aliphatic heterocycles. The highest BCUT2D eigenvalue weighted by atomic mass is 32.1. The SMILES string of the molecule is COc1cc2c(cc1-c1ncc(C3CCCCC3)s1)CN(C(C)C)n1cc(C(C)=O)c(=O)cc1-2. The molecule has 0 atom stereocenters. The highest BCUT2D eigenvalue weighted by Gasteiger charge is 2.28. The van der Waals surface area contributed by atoms with Crippen LogP contribution in [0, 0.1) is 0 Å². The normalized spacial score (nSPS) is 15.9. The second kappa shape index (κ2) is 9.02. The number of ketones is 1. The van der Waals surface area contributed by atoms with Gasteiger partial charge in [0.15, 0.2) is 11.2 Å². The number of methoxy groups -OCH3 is 1. The Morgan fingerprint density at radius 3 is 2.59 bits per heavy atom. The van der Waals surface area contributed by atoms with Crippen molar-refractivity contribution in [3.8, 4) is 27.6 Å². The van der Waals surface area contributed by atoms with Gasteiger partial charge in [0.1, 0.15) is 10.8 Å². The Hall–Kier alpha value is -2.93. The van der Waals surface area contributed by atoms with Crippen molar-refractivity contribution in [2.45, 2.75) is 71.4 Å². The Morgan fingerprint density at radius 2 is 1.91 bits per heavy atom. The van der Waals surface area contributed by atoms with Crippen LogP contribution in [0.25, 0.3) is 21.8 Å². The summed E-state index contributed by atoms with van der Waals surface area (Å²) in [5.41, 5.74) is 3.79. The van der Waals surface area contributed by atoms with Crippen LogP contribution in [-0.2, 0) is 6.54 Å². The van der Waals surface area contributed by atoms with Crippen LogP contribution in [0.5, 0.6) is 5.75 Å². The summed E-state index contributed by atoms with van der Waals surface area (Å²) >= 11 is 1.78. The molecule has 0 bridgehead atoms. The third kappa shape index (κ3) is 3.96. The quantitative estimate of drug-likeness (QED) is 0.437. The van der Waals surface area contributed by atoms with E-state index in [2.05, 4.69) is 24.9 Å². The van der Waals surface area contributed by atoms with Gasteiger partial charge in [0.25, 0.3) is 0 Å². The van der Waals surface area contributed by atoms with Crippen LogP contribution < -0.4 is 15.2 Å². The molecule has 1 saturated carbocycles. The number of pyridine rings is 1. The summed E-state index contributed by atoms with van der Waals surface area (Å²) in [7, 11) is 1.68. The maximum absolute atomic E-state index is 12.7. The minimum Gasteiger partial charge on any atom is -0.496 e.